The molecule has 29 heavy (non-hydrogen) atoms. The predicted molar refractivity (Wildman–Crippen MR) is 102 cm³/mol. The van der Waals surface area contributed by atoms with Gasteiger partial charge in [-0.3, -0.25) is 9.69 Å². The van der Waals surface area contributed by atoms with Gasteiger partial charge in [0.1, 0.15) is 24.5 Å². The molecule has 1 saturated heterocycles. The monoisotopic (exact) mass is 402 g/mol. The van der Waals surface area contributed by atoms with Crippen LogP contribution in [0, 0.1) is 5.82 Å². The van der Waals surface area contributed by atoms with Crippen LogP contribution >= 0.6 is 0 Å². The van der Waals surface area contributed by atoms with Gasteiger partial charge >= 0.3 is 6.09 Å². The molecule has 0 bridgehead atoms. The molecule has 2 aromatic rings. The van der Waals surface area contributed by atoms with E-state index < -0.39 is 18.0 Å². The smallest absolute Gasteiger partial charge is 0.414 e. The number of rotatable bonds is 5. The Bertz CT molecular complexity index is 934. The molecule has 0 saturated carbocycles. The van der Waals surface area contributed by atoms with Crippen LogP contribution in [0.4, 0.5) is 26.4 Å². The lowest BCUT2D eigenvalue weighted by Gasteiger charge is -2.28. The minimum Gasteiger partial charge on any atom is -0.442 e. The third kappa shape index (κ3) is 3.98. The zero-order valence-corrected chi connectivity index (χ0v) is 15.6. The summed E-state index contributed by atoms with van der Waals surface area (Å²) < 4.78 is 24.8. The average molecular weight is 402 g/mol. The van der Waals surface area contributed by atoms with Gasteiger partial charge in [0, 0.05) is 19.5 Å². The fraction of sp³-hybridized carbons (Fsp3) is 0.333. The fourth-order valence-corrected chi connectivity index (χ4v) is 3.12. The SMILES string of the molecule is CC(=O)N1CCN(c2ccc(N3CC(CNc4ccon4)OC3=O)cc2F)C=N1. The summed E-state index contributed by atoms with van der Waals surface area (Å²) in [6.07, 6.45) is 1.90. The summed E-state index contributed by atoms with van der Waals surface area (Å²) in [5, 5.41) is 12.1. The highest BCUT2D eigenvalue weighted by Gasteiger charge is 2.33. The van der Waals surface area contributed by atoms with Crippen LogP contribution < -0.4 is 15.1 Å². The predicted octanol–water partition coefficient (Wildman–Crippen LogP) is 1.86. The van der Waals surface area contributed by atoms with Crippen LogP contribution in [0.25, 0.3) is 0 Å². The van der Waals surface area contributed by atoms with Crippen molar-refractivity contribution in [2.24, 2.45) is 5.10 Å². The van der Waals surface area contributed by atoms with Crippen molar-refractivity contribution in [2.75, 3.05) is 41.3 Å². The third-order valence-electron chi connectivity index (χ3n) is 4.62. The Hall–Kier alpha value is -3.63. The minimum absolute atomic E-state index is 0.170. The van der Waals surface area contributed by atoms with Gasteiger partial charge in [-0.1, -0.05) is 5.16 Å². The molecule has 1 aromatic carbocycles. The maximum absolute atomic E-state index is 14.7. The number of benzene rings is 1. The van der Waals surface area contributed by atoms with E-state index in [2.05, 4.69) is 15.6 Å². The second-order valence-corrected chi connectivity index (χ2v) is 6.58. The molecule has 0 aliphatic carbocycles. The summed E-state index contributed by atoms with van der Waals surface area (Å²) in [6, 6.07) is 6.17. The highest BCUT2D eigenvalue weighted by atomic mass is 19.1. The molecule has 4 rings (SSSR count). The highest BCUT2D eigenvalue weighted by Crippen LogP contribution is 2.28. The lowest BCUT2D eigenvalue weighted by atomic mass is 10.2. The van der Waals surface area contributed by atoms with Crippen LogP contribution in [0.15, 0.2) is 40.2 Å². The van der Waals surface area contributed by atoms with Gasteiger partial charge in [0.2, 0.25) is 5.91 Å². The molecule has 2 aliphatic rings. The van der Waals surface area contributed by atoms with Gasteiger partial charge in [-0.2, -0.15) is 5.10 Å². The molecule has 152 valence electrons. The van der Waals surface area contributed by atoms with Gasteiger partial charge in [0.05, 0.1) is 31.0 Å². The summed E-state index contributed by atoms with van der Waals surface area (Å²) in [4.78, 5) is 26.5. The number of ether oxygens (including phenoxy) is 1. The van der Waals surface area contributed by atoms with E-state index >= 15 is 0 Å². The van der Waals surface area contributed by atoms with E-state index in [-0.39, 0.29) is 12.5 Å². The van der Waals surface area contributed by atoms with Gasteiger partial charge in [-0.05, 0) is 18.2 Å². The Morgan fingerprint density at radius 3 is 2.86 bits per heavy atom. The van der Waals surface area contributed by atoms with Crippen LogP contribution in [0.2, 0.25) is 0 Å². The van der Waals surface area contributed by atoms with Crippen LogP contribution in [0.3, 0.4) is 0 Å². The Morgan fingerprint density at radius 1 is 1.34 bits per heavy atom. The summed E-state index contributed by atoms with van der Waals surface area (Å²) >= 11 is 0. The first-order chi connectivity index (χ1) is 14.0. The molecule has 10 nitrogen and oxygen atoms in total. The second-order valence-electron chi connectivity index (χ2n) is 6.58. The molecule has 1 unspecified atom stereocenters. The van der Waals surface area contributed by atoms with E-state index in [1.165, 1.54) is 35.5 Å². The molecule has 1 fully saturated rings. The van der Waals surface area contributed by atoms with Crippen LogP contribution in [-0.2, 0) is 9.53 Å². The van der Waals surface area contributed by atoms with Crippen molar-refractivity contribution in [3.05, 3.63) is 36.3 Å². The van der Waals surface area contributed by atoms with Crippen molar-refractivity contribution in [1.29, 1.82) is 0 Å². The molecule has 3 heterocycles. The zero-order chi connectivity index (χ0) is 20.4. The fourth-order valence-electron chi connectivity index (χ4n) is 3.12. The van der Waals surface area contributed by atoms with Gasteiger partial charge in [0.15, 0.2) is 5.82 Å². The van der Waals surface area contributed by atoms with Crippen LogP contribution in [0.5, 0.6) is 0 Å². The van der Waals surface area contributed by atoms with E-state index in [1.807, 2.05) is 0 Å². The molecule has 1 N–H and O–H groups in total. The summed E-state index contributed by atoms with van der Waals surface area (Å²) in [5.74, 6) is -0.125. The van der Waals surface area contributed by atoms with Crippen molar-refractivity contribution in [3.63, 3.8) is 0 Å². The minimum atomic E-state index is -0.541. The summed E-state index contributed by atoms with van der Waals surface area (Å²) in [5.41, 5.74) is 0.719. The second kappa shape index (κ2) is 7.78. The number of aromatic nitrogens is 1. The largest absolute Gasteiger partial charge is 0.442 e. The van der Waals surface area contributed by atoms with Gasteiger partial charge < -0.3 is 19.5 Å². The van der Waals surface area contributed by atoms with E-state index in [0.717, 1.165) is 0 Å². The molecular formula is C18H19FN6O4. The number of hydrogen-bond donors (Lipinski definition) is 1. The van der Waals surface area contributed by atoms with E-state index in [0.29, 0.717) is 36.8 Å². The van der Waals surface area contributed by atoms with Crippen molar-refractivity contribution < 1.29 is 23.2 Å². The first kappa shape index (κ1) is 18.7. The van der Waals surface area contributed by atoms with Gasteiger partial charge in [0.25, 0.3) is 0 Å². The summed E-state index contributed by atoms with van der Waals surface area (Å²) in [6.45, 7) is 2.84. The molecule has 0 spiro atoms. The molecule has 2 aliphatic heterocycles. The van der Waals surface area contributed by atoms with Crippen molar-refractivity contribution in [1.82, 2.24) is 10.2 Å². The Morgan fingerprint density at radius 2 is 2.21 bits per heavy atom. The van der Waals surface area contributed by atoms with E-state index in [1.54, 1.807) is 23.1 Å². The van der Waals surface area contributed by atoms with Crippen LogP contribution in [0.1, 0.15) is 6.92 Å². The highest BCUT2D eigenvalue weighted by molar-refractivity contribution is 5.90. The number of carbonyl (C=O) groups is 2. The number of anilines is 3. The normalized spacial score (nSPS) is 18.9. The zero-order valence-electron chi connectivity index (χ0n) is 15.6. The van der Waals surface area contributed by atoms with Gasteiger partial charge in [-0.15, -0.1) is 0 Å². The number of nitrogens with zero attached hydrogens (tertiary/aromatic N) is 5. The van der Waals surface area contributed by atoms with Gasteiger partial charge in [-0.25, -0.2) is 14.2 Å². The molecule has 0 radical (unpaired) electrons. The quantitative estimate of drug-likeness (QED) is 0.814. The van der Waals surface area contributed by atoms with E-state index in [4.69, 9.17) is 9.26 Å². The average Bonchev–Trinajstić information content (AvgIpc) is 3.36. The molecular weight excluding hydrogens is 383 g/mol. The molecule has 2 amide bonds. The lowest BCUT2D eigenvalue weighted by Crippen LogP contribution is -2.40. The Labute approximate surface area is 165 Å². The van der Waals surface area contributed by atoms with Crippen LogP contribution in [-0.4, -0.2) is 60.8 Å². The topological polar surface area (TPSA) is 104 Å². The molecule has 11 heteroatoms. The lowest BCUT2D eigenvalue weighted by molar-refractivity contribution is -0.128. The molecule has 1 atom stereocenters. The number of amides is 2. The first-order valence-electron chi connectivity index (χ1n) is 9.02. The van der Waals surface area contributed by atoms with E-state index in [9.17, 15) is 14.0 Å². The number of halogens is 1. The van der Waals surface area contributed by atoms with Crippen molar-refractivity contribution in [3.8, 4) is 0 Å². The maximum atomic E-state index is 14.7. The van der Waals surface area contributed by atoms with Crippen molar-refractivity contribution in [2.45, 2.75) is 13.0 Å². The third-order valence-corrected chi connectivity index (χ3v) is 4.62. The number of hydrogen-bond acceptors (Lipinski definition) is 8. The first-order valence-corrected chi connectivity index (χ1v) is 9.02. The standard InChI is InChI=1S/C18H19FN6O4/c1-12(26)25-6-5-23(11-21-25)16-3-2-13(8-15(16)19)24-10-14(29-18(24)27)9-20-17-4-7-28-22-17/h2-4,7-8,11,14H,5-6,9-10H2,1H3,(H,20,22). The number of nitrogens with one attached hydrogen (secondary N) is 1. The van der Waals surface area contributed by atoms with Crippen molar-refractivity contribution >= 4 is 35.5 Å². The maximum Gasteiger partial charge on any atom is 0.414 e. The number of cyclic esters (lactones) is 1. The summed E-state index contributed by atoms with van der Waals surface area (Å²) in [7, 11) is 0. The Balaban J connectivity index is 1.42. The Kier molecular flexibility index (Phi) is 5.02. The molecule has 1 aromatic heterocycles. The number of carbonyl (C=O) groups excluding carboxylic acids is 2. The number of hydrazone groups is 1.